The van der Waals surface area contributed by atoms with E-state index < -0.39 is 5.97 Å². The number of nitrogens with zero attached hydrogens (tertiary/aromatic N) is 1. The lowest BCUT2D eigenvalue weighted by molar-refractivity contribution is -0.0231. The number of carbonyl (C=O) groups is 1. The molecule has 0 radical (unpaired) electrons. The Labute approximate surface area is 107 Å². The average molecular weight is 253 g/mol. The third-order valence-corrected chi connectivity index (χ3v) is 3.34. The van der Waals surface area contributed by atoms with Crippen molar-refractivity contribution < 1.29 is 18.7 Å². The molecule has 0 aromatic carbocycles. The molecule has 18 heavy (non-hydrogen) atoms. The molecule has 1 aliphatic heterocycles. The van der Waals surface area contributed by atoms with Crippen LogP contribution in [0.25, 0.3) is 0 Å². The van der Waals surface area contributed by atoms with Gasteiger partial charge in [0.05, 0.1) is 26.4 Å². The maximum atomic E-state index is 11.3. The molecule has 1 aromatic heterocycles. The van der Waals surface area contributed by atoms with Crippen LogP contribution in [0.5, 0.6) is 0 Å². The normalized spacial score (nSPS) is 22.7. The van der Waals surface area contributed by atoms with E-state index in [0.717, 1.165) is 25.5 Å². The van der Waals surface area contributed by atoms with Crippen molar-refractivity contribution in [3.63, 3.8) is 0 Å². The quantitative estimate of drug-likeness (QED) is 0.769. The molecule has 2 atom stereocenters. The minimum Gasteiger partial charge on any atom is -0.463 e. The number of hydrogen-bond donors (Lipinski definition) is 0. The second-order valence-corrected chi connectivity index (χ2v) is 4.53. The molecule has 0 bridgehead atoms. The van der Waals surface area contributed by atoms with E-state index in [9.17, 15) is 4.79 Å². The maximum absolute atomic E-state index is 11.3. The fourth-order valence-electron chi connectivity index (χ4n) is 2.27. The minimum absolute atomic E-state index is 0.127. The largest absolute Gasteiger partial charge is 0.463 e. The molecule has 1 aromatic rings. The van der Waals surface area contributed by atoms with Gasteiger partial charge < -0.3 is 13.9 Å². The molecule has 1 aliphatic rings. The van der Waals surface area contributed by atoms with Crippen molar-refractivity contribution in [1.29, 1.82) is 0 Å². The van der Waals surface area contributed by atoms with Crippen LogP contribution in [0.1, 0.15) is 36.2 Å². The van der Waals surface area contributed by atoms with Gasteiger partial charge in [-0.3, -0.25) is 4.90 Å². The number of rotatable bonds is 3. The van der Waals surface area contributed by atoms with Crippen molar-refractivity contribution in [3.8, 4) is 0 Å². The summed E-state index contributed by atoms with van der Waals surface area (Å²) in [5, 5.41) is 0. The number of esters is 1. The smallest absolute Gasteiger partial charge is 0.373 e. The van der Waals surface area contributed by atoms with Gasteiger partial charge in [-0.15, -0.1) is 0 Å². The fourth-order valence-corrected chi connectivity index (χ4v) is 2.27. The average Bonchev–Trinajstić information content (AvgIpc) is 2.87. The van der Waals surface area contributed by atoms with Crippen molar-refractivity contribution >= 4 is 5.97 Å². The van der Waals surface area contributed by atoms with E-state index in [4.69, 9.17) is 9.15 Å². The van der Waals surface area contributed by atoms with Gasteiger partial charge in [-0.2, -0.15) is 0 Å². The first-order valence-electron chi connectivity index (χ1n) is 6.15. The van der Waals surface area contributed by atoms with Gasteiger partial charge in [0.15, 0.2) is 0 Å². The highest BCUT2D eigenvalue weighted by molar-refractivity contribution is 5.86. The number of methoxy groups -OCH3 is 1. The van der Waals surface area contributed by atoms with Crippen molar-refractivity contribution in [1.82, 2.24) is 4.90 Å². The monoisotopic (exact) mass is 253 g/mol. The highest BCUT2D eigenvalue weighted by Gasteiger charge is 2.27. The van der Waals surface area contributed by atoms with Crippen LogP contribution in [-0.4, -0.2) is 43.8 Å². The molecule has 0 spiro atoms. The van der Waals surface area contributed by atoms with Crippen LogP contribution < -0.4 is 0 Å². The van der Waals surface area contributed by atoms with Gasteiger partial charge in [-0.25, -0.2) is 4.79 Å². The molecule has 5 heteroatoms. The molecule has 0 N–H and O–H groups in total. The molecule has 1 saturated heterocycles. The highest BCUT2D eigenvalue weighted by Crippen LogP contribution is 2.26. The molecular weight excluding hydrogens is 234 g/mol. The zero-order chi connectivity index (χ0) is 13.1. The van der Waals surface area contributed by atoms with E-state index in [-0.39, 0.29) is 11.8 Å². The number of morpholine rings is 1. The SMILES string of the molecule is COC(=O)c1ccc(C(C)N2CCOCC2C)o1. The standard InChI is InChI=1S/C13H19NO4/c1-9-8-17-7-6-14(9)10(2)11-4-5-12(18-11)13(15)16-3/h4-5,9-10H,6-8H2,1-3H3. The summed E-state index contributed by atoms with van der Waals surface area (Å²) in [6, 6.07) is 3.96. The van der Waals surface area contributed by atoms with Gasteiger partial charge in [0.1, 0.15) is 5.76 Å². The first-order chi connectivity index (χ1) is 8.63. The summed E-state index contributed by atoms with van der Waals surface area (Å²) in [5.41, 5.74) is 0. The van der Waals surface area contributed by atoms with Crippen molar-refractivity contribution in [2.75, 3.05) is 26.9 Å². The van der Waals surface area contributed by atoms with E-state index in [0.29, 0.717) is 6.04 Å². The fraction of sp³-hybridized carbons (Fsp3) is 0.615. The number of carbonyl (C=O) groups excluding carboxylic acids is 1. The topological polar surface area (TPSA) is 51.9 Å². The summed E-state index contributed by atoms with van der Waals surface area (Å²) < 4.78 is 15.6. The first-order valence-corrected chi connectivity index (χ1v) is 6.15. The van der Waals surface area contributed by atoms with E-state index in [1.54, 1.807) is 6.07 Å². The van der Waals surface area contributed by atoms with Crippen LogP contribution in [0, 0.1) is 0 Å². The summed E-state index contributed by atoms with van der Waals surface area (Å²) >= 11 is 0. The minimum atomic E-state index is -0.441. The Morgan fingerprint density at radius 3 is 3.00 bits per heavy atom. The van der Waals surface area contributed by atoms with Gasteiger partial charge in [-0.05, 0) is 26.0 Å². The van der Waals surface area contributed by atoms with E-state index in [1.807, 2.05) is 6.07 Å². The Bertz CT molecular complexity index is 415. The van der Waals surface area contributed by atoms with Crippen molar-refractivity contribution in [3.05, 3.63) is 23.7 Å². The van der Waals surface area contributed by atoms with Crippen LogP contribution in [0.4, 0.5) is 0 Å². The molecule has 2 heterocycles. The van der Waals surface area contributed by atoms with E-state index >= 15 is 0 Å². The molecule has 2 unspecified atom stereocenters. The predicted octanol–water partition coefficient (Wildman–Crippen LogP) is 1.85. The van der Waals surface area contributed by atoms with Gasteiger partial charge >= 0.3 is 5.97 Å². The Kier molecular flexibility index (Phi) is 4.04. The Balaban J connectivity index is 2.10. The van der Waals surface area contributed by atoms with Gasteiger partial charge in [0.25, 0.3) is 0 Å². The highest BCUT2D eigenvalue weighted by atomic mass is 16.5. The molecule has 0 aliphatic carbocycles. The molecule has 100 valence electrons. The predicted molar refractivity (Wildman–Crippen MR) is 65.4 cm³/mol. The third-order valence-electron chi connectivity index (χ3n) is 3.34. The summed E-state index contributed by atoms with van der Waals surface area (Å²) in [7, 11) is 1.35. The Hall–Kier alpha value is -1.33. The Morgan fingerprint density at radius 1 is 1.56 bits per heavy atom. The summed E-state index contributed by atoms with van der Waals surface area (Å²) in [5.74, 6) is 0.591. The maximum Gasteiger partial charge on any atom is 0.373 e. The second kappa shape index (κ2) is 5.54. The van der Waals surface area contributed by atoms with Crippen molar-refractivity contribution in [2.24, 2.45) is 0 Å². The number of hydrogen-bond acceptors (Lipinski definition) is 5. The van der Waals surface area contributed by atoms with Gasteiger partial charge in [0.2, 0.25) is 5.76 Å². The second-order valence-electron chi connectivity index (χ2n) is 4.53. The van der Waals surface area contributed by atoms with E-state index in [2.05, 4.69) is 23.5 Å². The molecular formula is C13H19NO4. The molecule has 5 nitrogen and oxygen atoms in total. The van der Waals surface area contributed by atoms with Gasteiger partial charge in [-0.1, -0.05) is 0 Å². The molecule has 0 amide bonds. The van der Waals surface area contributed by atoms with Crippen LogP contribution in [0.15, 0.2) is 16.5 Å². The van der Waals surface area contributed by atoms with Crippen LogP contribution >= 0.6 is 0 Å². The van der Waals surface area contributed by atoms with E-state index in [1.165, 1.54) is 7.11 Å². The lowest BCUT2D eigenvalue weighted by atomic mass is 10.1. The number of furan rings is 1. The lowest BCUT2D eigenvalue weighted by Gasteiger charge is -2.36. The van der Waals surface area contributed by atoms with Crippen LogP contribution in [0.3, 0.4) is 0 Å². The zero-order valence-electron chi connectivity index (χ0n) is 11.0. The molecule has 0 saturated carbocycles. The summed E-state index contributed by atoms with van der Waals surface area (Å²) in [4.78, 5) is 13.6. The van der Waals surface area contributed by atoms with Gasteiger partial charge in [0, 0.05) is 12.6 Å². The third kappa shape index (κ3) is 2.57. The lowest BCUT2D eigenvalue weighted by Crippen LogP contribution is -2.44. The van der Waals surface area contributed by atoms with Crippen molar-refractivity contribution in [2.45, 2.75) is 25.9 Å². The summed E-state index contributed by atoms with van der Waals surface area (Å²) in [6.45, 7) is 6.53. The first kappa shape index (κ1) is 13.1. The Morgan fingerprint density at radius 2 is 2.33 bits per heavy atom. The number of ether oxygens (including phenoxy) is 2. The summed E-state index contributed by atoms with van der Waals surface area (Å²) in [6.07, 6.45) is 0. The zero-order valence-corrected chi connectivity index (χ0v) is 11.0. The molecule has 1 fully saturated rings. The molecule has 2 rings (SSSR count). The van der Waals surface area contributed by atoms with Crippen LogP contribution in [-0.2, 0) is 9.47 Å². The van der Waals surface area contributed by atoms with Crippen LogP contribution in [0.2, 0.25) is 0 Å².